The van der Waals surface area contributed by atoms with Crippen LogP contribution in [-0.2, 0) is 13.1 Å². The van der Waals surface area contributed by atoms with Crippen molar-refractivity contribution in [3.8, 4) is 5.75 Å². The van der Waals surface area contributed by atoms with Crippen molar-refractivity contribution in [1.29, 1.82) is 0 Å². The minimum atomic E-state index is 0.666. The molecule has 1 aliphatic rings. The van der Waals surface area contributed by atoms with Crippen molar-refractivity contribution in [3.05, 3.63) is 47.8 Å². The summed E-state index contributed by atoms with van der Waals surface area (Å²) in [5.74, 6) is 1.57. The molecule has 1 aromatic carbocycles. The van der Waals surface area contributed by atoms with Crippen LogP contribution in [0.1, 0.15) is 25.0 Å². The molecule has 0 radical (unpaired) electrons. The Labute approximate surface area is 139 Å². The van der Waals surface area contributed by atoms with E-state index in [0.29, 0.717) is 5.92 Å². The monoisotopic (exact) mass is 313 g/mol. The Morgan fingerprint density at radius 1 is 1.13 bits per heavy atom. The summed E-state index contributed by atoms with van der Waals surface area (Å²) in [6, 6.07) is 8.32. The van der Waals surface area contributed by atoms with Gasteiger partial charge in [-0.1, -0.05) is 26.0 Å². The van der Waals surface area contributed by atoms with Crippen molar-refractivity contribution < 1.29 is 4.74 Å². The van der Waals surface area contributed by atoms with E-state index < -0.39 is 0 Å². The Hall–Kier alpha value is -1.94. The van der Waals surface area contributed by atoms with Gasteiger partial charge in [-0.05, 0) is 30.7 Å². The Kier molecular flexibility index (Phi) is 4.62. The van der Waals surface area contributed by atoms with Gasteiger partial charge in [0.15, 0.2) is 0 Å². The molecule has 0 amide bonds. The number of hydrogen-bond acceptors (Lipinski definition) is 3. The Morgan fingerprint density at radius 2 is 1.87 bits per heavy atom. The van der Waals surface area contributed by atoms with Crippen LogP contribution in [0.25, 0.3) is 0 Å². The molecule has 2 heterocycles. The summed E-state index contributed by atoms with van der Waals surface area (Å²) in [4.78, 5) is 4.87. The summed E-state index contributed by atoms with van der Waals surface area (Å²) in [5, 5.41) is 0. The number of benzene rings is 1. The number of ether oxygens (including phenoxy) is 1. The van der Waals surface area contributed by atoms with E-state index in [1.807, 2.05) is 12.1 Å². The molecule has 0 spiro atoms. The number of hydrogen-bond donors (Lipinski definition) is 0. The lowest BCUT2D eigenvalue weighted by molar-refractivity contribution is 0.304. The molecular formula is C19H27N3O. The molecule has 23 heavy (non-hydrogen) atoms. The Morgan fingerprint density at radius 3 is 2.52 bits per heavy atom. The minimum absolute atomic E-state index is 0.666. The molecule has 4 heteroatoms. The van der Waals surface area contributed by atoms with Gasteiger partial charge in [0.1, 0.15) is 5.75 Å². The zero-order chi connectivity index (χ0) is 16.4. The van der Waals surface area contributed by atoms with Crippen molar-refractivity contribution in [2.24, 2.45) is 5.92 Å². The van der Waals surface area contributed by atoms with Crippen molar-refractivity contribution >= 4 is 5.69 Å². The van der Waals surface area contributed by atoms with Crippen LogP contribution in [0.3, 0.4) is 0 Å². The Balaban J connectivity index is 1.79. The van der Waals surface area contributed by atoms with E-state index >= 15 is 0 Å². The molecule has 0 fully saturated rings. The fraction of sp³-hybridized carbons (Fsp3) is 0.474. The summed E-state index contributed by atoms with van der Waals surface area (Å²) < 4.78 is 7.53. The number of rotatable bonds is 5. The average molecular weight is 313 g/mol. The number of aromatic nitrogens is 1. The third-order valence-electron chi connectivity index (χ3n) is 4.24. The van der Waals surface area contributed by atoms with Gasteiger partial charge in [-0.15, -0.1) is 0 Å². The molecule has 1 aromatic heterocycles. The third-order valence-corrected chi connectivity index (χ3v) is 4.24. The predicted molar refractivity (Wildman–Crippen MR) is 95.0 cm³/mol. The van der Waals surface area contributed by atoms with E-state index in [9.17, 15) is 0 Å². The maximum Gasteiger partial charge on any atom is 0.118 e. The van der Waals surface area contributed by atoms with Crippen molar-refractivity contribution in [1.82, 2.24) is 9.47 Å². The number of methoxy groups -OCH3 is 1. The second kappa shape index (κ2) is 6.67. The van der Waals surface area contributed by atoms with Gasteiger partial charge >= 0.3 is 0 Å². The highest BCUT2D eigenvalue weighted by atomic mass is 16.5. The first-order chi connectivity index (χ1) is 11.0. The highest BCUT2D eigenvalue weighted by Gasteiger charge is 2.22. The fourth-order valence-electron chi connectivity index (χ4n) is 3.29. The van der Waals surface area contributed by atoms with Gasteiger partial charge < -0.3 is 14.2 Å². The van der Waals surface area contributed by atoms with E-state index in [1.54, 1.807) is 7.11 Å². The van der Waals surface area contributed by atoms with Crippen LogP contribution in [0.15, 0.2) is 36.7 Å². The summed E-state index contributed by atoms with van der Waals surface area (Å²) in [6.45, 7) is 8.60. The molecule has 0 unspecified atom stereocenters. The van der Waals surface area contributed by atoms with Crippen LogP contribution < -0.4 is 9.64 Å². The van der Waals surface area contributed by atoms with E-state index in [2.05, 4.69) is 59.8 Å². The molecule has 0 N–H and O–H groups in total. The first kappa shape index (κ1) is 15.9. The fourth-order valence-corrected chi connectivity index (χ4v) is 3.29. The summed E-state index contributed by atoms with van der Waals surface area (Å²) in [7, 11) is 3.89. The largest absolute Gasteiger partial charge is 0.497 e. The minimum Gasteiger partial charge on any atom is -0.497 e. The average Bonchev–Trinajstić information content (AvgIpc) is 2.90. The standard InChI is InChI=1S/C19H27N3O/c1-15(2)9-22-14-20(3)11-17-12-21(13-19(17)22)10-16-5-7-18(23-4)8-6-16/h5-8,12-13,15H,9-11,14H2,1-4H3. The van der Waals surface area contributed by atoms with Crippen LogP contribution in [0.2, 0.25) is 0 Å². The molecule has 2 aromatic rings. The van der Waals surface area contributed by atoms with Gasteiger partial charge in [-0.25, -0.2) is 0 Å². The van der Waals surface area contributed by atoms with Gasteiger partial charge in [0.05, 0.1) is 19.5 Å². The van der Waals surface area contributed by atoms with Gasteiger partial charge in [0.2, 0.25) is 0 Å². The van der Waals surface area contributed by atoms with E-state index in [-0.39, 0.29) is 0 Å². The van der Waals surface area contributed by atoms with E-state index in [0.717, 1.165) is 32.1 Å². The van der Waals surface area contributed by atoms with E-state index in [4.69, 9.17) is 4.74 Å². The normalized spacial score (nSPS) is 15.1. The van der Waals surface area contributed by atoms with Crippen molar-refractivity contribution in [2.45, 2.75) is 26.9 Å². The molecule has 4 nitrogen and oxygen atoms in total. The lowest BCUT2D eigenvalue weighted by Crippen LogP contribution is -2.41. The molecule has 3 rings (SSSR count). The van der Waals surface area contributed by atoms with Crippen LogP contribution in [-0.4, -0.2) is 36.8 Å². The molecule has 0 saturated carbocycles. The maximum atomic E-state index is 5.23. The number of anilines is 1. The van der Waals surface area contributed by atoms with Crippen LogP contribution in [0.5, 0.6) is 5.75 Å². The van der Waals surface area contributed by atoms with Crippen LogP contribution in [0, 0.1) is 5.92 Å². The van der Waals surface area contributed by atoms with Crippen LogP contribution in [0.4, 0.5) is 5.69 Å². The molecule has 0 saturated heterocycles. The third kappa shape index (κ3) is 3.70. The predicted octanol–water partition coefficient (Wildman–Crippen LogP) is 3.41. The van der Waals surface area contributed by atoms with Gasteiger partial charge in [0, 0.05) is 37.6 Å². The first-order valence-electron chi connectivity index (χ1n) is 8.30. The maximum absolute atomic E-state index is 5.23. The Bertz CT molecular complexity index is 645. The molecule has 0 atom stereocenters. The second-order valence-corrected chi connectivity index (χ2v) is 6.96. The van der Waals surface area contributed by atoms with E-state index in [1.165, 1.54) is 16.8 Å². The molecule has 124 valence electrons. The zero-order valence-corrected chi connectivity index (χ0v) is 14.6. The van der Waals surface area contributed by atoms with Gasteiger partial charge in [-0.2, -0.15) is 0 Å². The highest BCUT2D eigenvalue weighted by molar-refractivity contribution is 5.54. The van der Waals surface area contributed by atoms with Gasteiger partial charge in [0.25, 0.3) is 0 Å². The highest BCUT2D eigenvalue weighted by Crippen LogP contribution is 2.29. The SMILES string of the molecule is COc1ccc(Cn2cc3c(c2)N(CC(C)C)CN(C)C3)cc1. The first-order valence-corrected chi connectivity index (χ1v) is 8.30. The van der Waals surface area contributed by atoms with Crippen molar-refractivity contribution in [3.63, 3.8) is 0 Å². The molecule has 0 bridgehead atoms. The summed E-state index contributed by atoms with van der Waals surface area (Å²) in [6.07, 6.45) is 4.59. The van der Waals surface area contributed by atoms with Crippen LogP contribution >= 0.6 is 0 Å². The lowest BCUT2D eigenvalue weighted by atomic mass is 10.1. The summed E-state index contributed by atoms with van der Waals surface area (Å²) in [5.41, 5.74) is 4.11. The topological polar surface area (TPSA) is 20.6 Å². The second-order valence-electron chi connectivity index (χ2n) is 6.96. The quantitative estimate of drug-likeness (QED) is 0.844. The lowest BCUT2D eigenvalue weighted by Gasteiger charge is -2.35. The number of nitrogens with zero attached hydrogens (tertiary/aromatic N) is 3. The molecule has 0 aliphatic carbocycles. The number of fused-ring (bicyclic) bond motifs is 1. The van der Waals surface area contributed by atoms with Crippen molar-refractivity contribution in [2.75, 3.05) is 32.3 Å². The zero-order valence-electron chi connectivity index (χ0n) is 14.6. The summed E-state index contributed by atoms with van der Waals surface area (Å²) >= 11 is 0. The van der Waals surface area contributed by atoms with Gasteiger partial charge in [-0.3, -0.25) is 4.90 Å². The molecule has 1 aliphatic heterocycles. The molecular weight excluding hydrogens is 286 g/mol. The smallest absolute Gasteiger partial charge is 0.118 e.